The number of carbonyl (C=O) groups is 2. The Bertz CT molecular complexity index is 1320. The van der Waals surface area contributed by atoms with Crippen molar-refractivity contribution >= 4 is 51.7 Å². The van der Waals surface area contributed by atoms with Gasteiger partial charge in [-0.05, 0) is 70.7 Å². The van der Waals surface area contributed by atoms with Crippen LogP contribution in [0.2, 0.25) is 5.15 Å². The molecule has 3 aromatic heterocycles. The lowest BCUT2D eigenvalue weighted by atomic mass is 10.1. The van der Waals surface area contributed by atoms with Crippen LogP contribution in [0.15, 0.2) is 36.7 Å². The Kier molecular flexibility index (Phi) is 6.90. The fourth-order valence-electron chi connectivity index (χ4n) is 4.49. The van der Waals surface area contributed by atoms with Crippen LogP contribution in [0.4, 0.5) is 22.0 Å². The Hall–Kier alpha value is -3.46. The van der Waals surface area contributed by atoms with Gasteiger partial charge in [-0.1, -0.05) is 11.6 Å². The predicted octanol–water partition coefficient (Wildman–Crippen LogP) is 5.51. The van der Waals surface area contributed by atoms with Gasteiger partial charge in [0.2, 0.25) is 0 Å². The van der Waals surface area contributed by atoms with Crippen molar-refractivity contribution in [1.29, 1.82) is 0 Å². The summed E-state index contributed by atoms with van der Waals surface area (Å²) >= 11 is 6.18. The number of hydrogen-bond donors (Lipinski definition) is 2. The third-order valence-electron chi connectivity index (χ3n) is 6.38. The van der Waals surface area contributed by atoms with Crippen molar-refractivity contribution in [2.24, 2.45) is 5.92 Å². The molecule has 1 atom stereocenters. The fraction of sp³-hybridized carbons (Fsp3) is 0.444. The van der Waals surface area contributed by atoms with E-state index in [-0.39, 0.29) is 17.7 Å². The molecule has 1 saturated carbocycles. The first-order chi connectivity index (χ1) is 17.7. The van der Waals surface area contributed by atoms with Gasteiger partial charge < -0.3 is 20.3 Å². The highest BCUT2D eigenvalue weighted by atomic mass is 35.5. The molecule has 1 aliphatic carbocycles. The van der Waals surface area contributed by atoms with Gasteiger partial charge in [0.05, 0.1) is 28.7 Å². The molecule has 5 rings (SSSR count). The number of halogens is 1. The molecule has 1 unspecified atom stereocenters. The molecular formula is C27H31ClN6O3. The van der Waals surface area contributed by atoms with Gasteiger partial charge >= 0.3 is 6.09 Å². The Balaban J connectivity index is 1.33. The lowest BCUT2D eigenvalue weighted by molar-refractivity contribution is 0.0499. The number of alkyl carbamates (subject to hydrolysis) is 1. The van der Waals surface area contributed by atoms with Crippen LogP contribution in [0.1, 0.15) is 56.8 Å². The van der Waals surface area contributed by atoms with Gasteiger partial charge in [0.15, 0.2) is 5.78 Å². The van der Waals surface area contributed by atoms with Crippen molar-refractivity contribution in [1.82, 2.24) is 20.3 Å². The van der Waals surface area contributed by atoms with E-state index in [4.69, 9.17) is 16.3 Å². The second kappa shape index (κ2) is 10.1. The van der Waals surface area contributed by atoms with Gasteiger partial charge in [-0.3, -0.25) is 9.78 Å². The number of amides is 1. The third kappa shape index (κ3) is 6.10. The van der Waals surface area contributed by atoms with Crippen LogP contribution in [-0.2, 0) is 4.74 Å². The molecule has 4 heterocycles. The van der Waals surface area contributed by atoms with E-state index < -0.39 is 11.7 Å². The van der Waals surface area contributed by atoms with E-state index in [0.717, 1.165) is 43.7 Å². The van der Waals surface area contributed by atoms with Crippen molar-refractivity contribution in [2.75, 3.05) is 23.3 Å². The Morgan fingerprint density at radius 3 is 2.59 bits per heavy atom. The van der Waals surface area contributed by atoms with E-state index in [1.54, 1.807) is 24.5 Å². The summed E-state index contributed by atoms with van der Waals surface area (Å²) in [5.74, 6) is 0.928. The number of nitrogens with zero attached hydrogens (tertiary/aromatic N) is 4. The smallest absolute Gasteiger partial charge is 0.407 e. The van der Waals surface area contributed by atoms with Gasteiger partial charge in [0.1, 0.15) is 22.1 Å². The van der Waals surface area contributed by atoms with Crippen LogP contribution >= 0.6 is 11.6 Å². The lowest BCUT2D eigenvalue weighted by Gasteiger charge is -2.34. The number of ether oxygens (including phenoxy) is 1. The van der Waals surface area contributed by atoms with Gasteiger partial charge in [0, 0.05) is 31.2 Å². The Morgan fingerprint density at radius 1 is 1.08 bits per heavy atom. The van der Waals surface area contributed by atoms with E-state index >= 15 is 0 Å². The maximum atomic E-state index is 13.0. The van der Waals surface area contributed by atoms with Crippen molar-refractivity contribution < 1.29 is 14.3 Å². The highest BCUT2D eigenvalue weighted by Crippen LogP contribution is 2.37. The highest BCUT2D eigenvalue weighted by Gasteiger charge is 2.33. The first-order valence-corrected chi connectivity index (χ1v) is 13.0. The number of carbonyl (C=O) groups excluding carboxylic acids is 2. The topological polar surface area (TPSA) is 109 Å². The number of pyridine rings is 3. The van der Waals surface area contributed by atoms with Crippen LogP contribution < -0.4 is 15.5 Å². The first kappa shape index (κ1) is 25.2. The molecule has 2 aliphatic rings. The van der Waals surface area contributed by atoms with E-state index in [1.807, 2.05) is 32.9 Å². The van der Waals surface area contributed by atoms with Crippen molar-refractivity contribution in [3.63, 3.8) is 0 Å². The van der Waals surface area contributed by atoms with Gasteiger partial charge in [-0.25, -0.2) is 14.8 Å². The van der Waals surface area contributed by atoms with E-state index in [2.05, 4.69) is 30.5 Å². The maximum absolute atomic E-state index is 13.0. The summed E-state index contributed by atoms with van der Waals surface area (Å²) in [4.78, 5) is 40.9. The van der Waals surface area contributed by atoms with E-state index in [9.17, 15) is 9.59 Å². The minimum Gasteiger partial charge on any atom is -0.444 e. The summed E-state index contributed by atoms with van der Waals surface area (Å²) in [7, 11) is 0. The van der Waals surface area contributed by atoms with Gasteiger partial charge in [-0.2, -0.15) is 0 Å². The van der Waals surface area contributed by atoms with Crippen LogP contribution in [0.3, 0.4) is 0 Å². The molecule has 0 bridgehead atoms. The van der Waals surface area contributed by atoms with E-state index in [0.29, 0.717) is 34.0 Å². The molecule has 0 radical (unpaired) electrons. The molecule has 2 fully saturated rings. The molecule has 1 amide bonds. The van der Waals surface area contributed by atoms with Crippen molar-refractivity contribution in [3.05, 3.63) is 47.4 Å². The number of rotatable bonds is 6. The highest BCUT2D eigenvalue weighted by molar-refractivity contribution is 6.30. The number of anilines is 3. The van der Waals surface area contributed by atoms with Gasteiger partial charge in [0.25, 0.3) is 0 Å². The summed E-state index contributed by atoms with van der Waals surface area (Å²) < 4.78 is 5.40. The molecule has 1 aliphatic heterocycles. The molecule has 10 heteroatoms. The normalized spacial score (nSPS) is 17.9. The van der Waals surface area contributed by atoms with Crippen LogP contribution in [0.5, 0.6) is 0 Å². The summed E-state index contributed by atoms with van der Waals surface area (Å²) in [6, 6.07) is 7.32. The number of fused-ring (bicyclic) bond motifs is 1. The Morgan fingerprint density at radius 2 is 1.89 bits per heavy atom. The van der Waals surface area contributed by atoms with Crippen molar-refractivity contribution in [2.45, 2.75) is 58.1 Å². The standard InChI is InChI=1S/C27H31ClN6O3/c1-27(2,3)37-26(36)32-18-5-4-12-34(15-18)22-11-8-17(13-30-22)31-23-19(25(35)16-6-7-16)14-29-20-9-10-21(28)33-24(20)23/h8-11,13-14,16,18H,4-7,12,15H2,1-3H3,(H,29,31)(H,32,36). The molecule has 1 saturated heterocycles. The zero-order valence-electron chi connectivity index (χ0n) is 21.3. The number of piperidine rings is 1. The summed E-state index contributed by atoms with van der Waals surface area (Å²) in [6.45, 7) is 7.05. The molecule has 9 nitrogen and oxygen atoms in total. The quantitative estimate of drug-likeness (QED) is 0.322. The summed E-state index contributed by atoms with van der Waals surface area (Å²) in [5, 5.41) is 6.66. The number of nitrogens with one attached hydrogen (secondary N) is 2. The molecule has 2 N–H and O–H groups in total. The monoisotopic (exact) mass is 522 g/mol. The third-order valence-corrected chi connectivity index (χ3v) is 6.59. The number of ketones is 1. The zero-order valence-corrected chi connectivity index (χ0v) is 22.0. The van der Waals surface area contributed by atoms with Crippen molar-refractivity contribution in [3.8, 4) is 0 Å². The van der Waals surface area contributed by atoms with Crippen LogP contribution in [0, 0.1) is 5.92 Å². The summed E-state index contributed by atoms with van der Waals surface area (Å²) in [6.07, 6.45) is 6.57. The molecule has 194 valence electrons. The first-order valence-electron chi connectivity index (χ1n) is 12.6. The lowest BCUT2D eigenvalue weighted by Crippen LogP contribution is -2.49. The molecule has 3 aromatic rings. The number of aromatic nitrogens is 3. The largest absolute Gasteiger partial charge is 0.444 e. The number of Topliss-reactive ketones (excluding diaryl/α,β-unsaturated/α-hetero) is 1. The average molecular weight is 523 g/mol. The minimum atomic E-state index is -0.535. The fourth-order valence-corrected chi connectivity index (χ4v) is 4.64. The average Bonchev–Trinajstić information content (AvgIpc) is 3.69. The second-order valence-electron chi connectivity index (χ2n) is 10.6. The SMILES string of the molecule is CC(C)(C)OC(=O)NC1CCCN(c2ccc(Nc3c(C(=O)C4CC4)cnc4ccc(Cl)nc34)cn2)C1. The second-order valence-corrected chi connectivity index (χ2v) is 11.0. The van der Waals surface area contributed by atoms with E-state index in [1.165, 1.54) is 0 Å². The number of hydrogen-bond acceptors (Lipinski definition) is 8. The van der Waals surface area contributed by atoms with Gasteiger partial charge in [-0.15, -0.1) is 0 Å². The molecule has 0 spiro atoms. The minimum absolute atomic E-state index is 0.0156. The zero-order chi connectivity index (χ0) is 26.2. The Labute approximate surface area is 221 Å². The van der Waals surface area contributed by atoms with Crippen LogP contribution in [-0.4, -0.2) is 51.6 Å². The molecule has 0 aromatic carbocycles. The summed E-state index contributed by atoms with van der Waals surface area (Å²) in [5.41, 5.74) is 2.51. The molecular weight excluding hydrogens is 492 g/mol. The predicted molar refractivity (Wildman–Crippen MR) is 144 cm³/mol. The maximum Gasteiger partial charge on any atom is 0.407 e. The van der Waals surface area contributed by atoms with Crippen LogP contribution in [0.25, 0.3) is 11.0 Å². The molecule has 37 heavy (non-hydrogen) atoms.